The molecule has 1 N–H and O–H groups in total. The maximum Gasteiger partial charge on any atom is 0.233 e. The molecule has 0 bridgehead atoms. The van der Waals surface area contributed by atoms with Crippen molar-refractivity contribution >= 4 is 0 Å². The minimum absolute atomic E-state index is 0.516. The van der Waals surface area contributed by atoms with Gasteiger partial charge in [-0.15, -0.1) is 5.10 Å². The number of nitrogens with one attached hydrogen (secondary N) is 1. The van der Waals surface area contributed by atoms with Crippen molar-refractivity contribution in [2.24, 2.45) is 0 Å². The Morgan fingerprint density at radius 1 is 1.43 bits per heavy atom. The molecule has 1 aliphatic rings. The zero-order valence-corrected chi connectivity index (χ0v) is 8.36. The Bertz CT molecular complexity index is 280. The Labute approximate surface area is 83.7 Å². The molecule has 0 aromatic carbocycles. The quantitative estimate of drug-likeness (QED) is 0.759. The molecule has 1 aromatic heterocycles. The highest BCUT2D eigenvalue weighted by molar-refractivity contribution is 5.15. The van der Waals surface area contributed by atoms with E-state index >= 15 is 0 Å². The number of methoxy groups -OCH3 is 1. The number of piperidine rings is 1. The first-order valence-corrected chi connectivity index (χ1v) is 4.98. The summed E-state index contributed by atoms with van der Waals surface area (Å²) in [5.41, 5.74) is 1.07. The minimum Gasteiger partial charge on any atom is -0.480 e. The van der Waals surface area contributed by atoms with Crippen molar-refractivity contribution in [1.29, 1.82) is 0 Å². The second-order valence-corrected chi connectivity index (χ2v) is 3.54. The fraction of sp³-hybridized carbons (Fsp3) is 0.600. The van der Waals surface area contributed by atoms with E-state index in [1.54, 1.807) is 7.11 Å². The Kier molecular flexibility index (Phi) is 2.93. The fourth-order valence-corrected chi connectivity index (χ4v) is 1.76. The number of aromatic nitrogens is 2. The van der Waals surface area contributed by atoms with Crippen LogP contribution in [0.3, 0.4) is 0 Å². The van der Waals surface area contributed by atoms with E-state index in [-0.39, 0.29) is 0 Å². The summed E-state index contributed by atoms with van der Waals surface area (Å²) in [5, 5.41) is 11.5. The number of hydrogen-bond acceptors (Lipinski definition) is 4. The smallest absolute Gasteiger partial charge is 0.233 e. The molecule has 0 aliphatic carbocycles. The lowest BCUT2D eigenvalue weighted by atomic mass is 9.96. The molecule has 1 fully saturated rings. The monoisotopic (exact) mass is 193 g/mol. The molecule has 4 nitrogen and oxygen atoms in total. The molecule has 1 atom stereocenters. The Morgan fingerprint density at radius 3 is 2.93 bits per heavy atom. The van der Waals surface area contributed by atoms with Crippen LogP contribution in [0.25, 0.3) is 0 Å². The van der Waals surface area contributed by atoms with Crippen LogP contribution in [0.15, 0.2) is 12.1 Å². The summed E-state index contributed by atoms with van der Waals surface area (Å²) < 4.78 is 4.97. The summed E-state index contributed by atoms with van der Waals surface area (Å²) in [6, 6.07) is 3.88. The van der Waals surface area contributed by atoms with Gasteiger partial charge in [0.1, 0.15) is 0 Å². The van der Waals surface area contributed by atoms with Crippen molar-refractivity contribution in [2.75, 3.05) is 20.2 Å². The van der Waals surface area contributed by atoms with Crippen molar-refractivity contribution in [1.82, 2.24) is 15.5 Å². The van der Waals surface area contributed by atoms with Crippen LogP contribution in [0.5, 0.6) is 5.88 Å². The molecule has 0 amide bonds. The van der Waals surface area contributed by atoms with E-state index in [2.05, 4.69) is 15.5 Å². The van der Waals surface area contributed by atoms with Gasteiger partial charge in [0.15, 0.2) is 0 Å². The van der Waals surface area contributed by atoms with Crippen molar-refractivity contribution in [3.63, 3.8) is 0 Å². The lowest BCUT2D eigenvalue weighted by molar-refractivity contribution is 0.387. The molecule has 0 spiro atoms. The van der Waals surface area contributed by atoms with Crippen LogP contribution in [0, 0.1) is 0 Å². The van der Waals surface area contributed by atoms with Crippen molar-refractivity contribution in [3.8, 4) is 5.88 Å². The van der Waals surface area contributed by atoms with Crippen LogP contribution in [0.1, 0.15) is 24.5 Å². The van der Waals surface area contributed by atoms with E-state index < -0.39 is 0 Å². The van der Waals surface area contributed by atoms with E-state index in [0.717, 1.165) is 18.8 Å². The van der Waals surface area contributed by atoms with E-state index in [1.165, 1.54) is 12.8 Å². The molecule has 14 heavy (non-hydrogen) atoms. The summed E-state index contributed by atoms with van der Waals surface area (Å²) in [6.45, 7) is 2.14. The first-order valence-electron chi connectivity index (χ1n) is 4.98. The highest BCUT2D eigenvalue weighted by atomic mass is 16.5. The van der Waals surface area contributed by atoms with Gasteiger partial charge in [0.2, 0.25) is 5.88 Å². The Hall–Kier alpha value is -1.16. The van der Waals surface area contributed by atoms with Gasteiger partial charge >= 0.3 is 0 Å². The van der Waals surface area contributed by atoms with Gasteiger partial charge in [-0.3, -0.25) is 0 Å². The molecule has 1 unspecified atom stereocenters. The molecule has 2 heterocycles. The largest absolute Gasteiger partial charge is 0.480 e. The molecule has 1 saturated heterocycles. The average Bonchev–Trinajstić information content (AvgIpc) is 2.30. The third-order valence-electron chi connectivity index (χ3n) is 2.58. The predicted molar refractivity (Wildman–Crippen MR) is 53.4 cm³/mol. The maximum atomic E-state index is 4.97. The van der Waals surface area contributed by atoms with E-state index in [1.807, 2.05) is 12.1 Å². The second-order valence-electron chi connectivity index (χ2n) is 3.54. The molecule has 1 aromatic rings. The van der Waals surface area contributed by atoms with Crippen LogP contribution in [-0.4, -0.2) is 30.4 Å². The van der Waals surface area contributed by atoms with Gasteiger partial charge in [-0.2, -0.15) is 5.10 Å². The zero-order chi connectivity index (χ0) is 9.80. The van der Waals surface area contributed by atoms with Gasteiger partial charge in [0, 0.05) is 18.5 Å². The van der Waals surface area contributed by atoms with Gasteiger partial charge in [0.25, 0.3) is 0 Å². The Balaban J connectivity index is 2.07. The molecule has 1 aliphatic heterocycles. The molecule has 76 valence electrons. The summed E-state index contributed by atoms with van der Waals surface area (Å²) in [4.78, 5) is 0. The molecule has 2 rings (SSSR count). The summed E-state index contributed by atoms with van der Waals surface area (Å²) in [6.07, 6.45) is 2.42. The van der Waals surface area contributed by atoms with Crippen molar-refractivity contribution in [3.05, 3.63) is 17.8 Å². The third-order valence-corrected chi connectivity index (χ3v) is 2.58. The van der Waals surface area contributed by atoms with E-state index in [9.17, 15) is 0 Å². The molecular weight excluding hydrogens is 178 g/mol. The van der Waals surface area contributed by atoms with Gasteiger partial charge in [0.05, 0.1) is 12.8 Å². The van der Waals surface area contributed by atoms with Gasteiger partial charge < -0.3 is 10.1 Å². The van der Waals surface area contributed by atoms with E-state index in [4.69, 9.17) is 4.74 Å². The number of hydrogen-bond donors (Lipinski definition) is 1. The number of ether oxygens (including phenoxy) is 1. The first kappa shape index (κ1) is 9.40. The van der Waals surface area contributed by atoms with Crippen LogP contribution in [-0.2, 0) is 0 Å². The van der Waals surface area contributed by atoms with Crippen molar-refractivity contribution < 1.29 is 4.74 Å². The SMILES string of the molecule is COc1ccc(C2CCCNC2)nn1. The number of rotatable bonds is 2. The van der Waals surface area contributed by atoms with Crippen LogP contribution >= 0.6 is 0 Å². The van der Waals surface area contributed by atoms with Crippen LogP contribution in [0.2, 0.25) is 0 Å². The normalized spacial score (nSPS) is 21.9. The molecular formula is C10H15N3O. The third kappa shape index (κ3) is 2.01. The predicted octanol–water partition coefficient (Wildman–Crippen LogP) is 0.952. The van der Waals surface area contributed by atoms with Gasteiger partial charge in [-0.05, 0) is 25.5 Å². The molecule has 0 radical (unpaired) electrons. The topological polar surface area (TPSA) is 47.0 Å². The molecule has 4 heteroatoms. The fourth-order valence-electron chi connectivity index (χ4n) is 1.76. The summed E-state index contributed by atoms with van der Waals surface area (Å²) in [5.74, 6) is 1.10. The number of nitrogens with zero attached hydrogens (tertiary/aromatic N) is 2. The highest BCUT2D eigenvalue weighted by Crippen LogP contribution is 2.21. The maximum absolute atomic E-state index is 4.97. The second kappa shape index (κ2) is 4.37. The molecule has 0 saturated carbocycles. The summed E-state index contributed by atoms with van der Waals surface area (Å²) in [7, 11) is 1.60. The van der Waals surface area contributed by atoms with Gasteiger partial charge in [-0.25, -0.2) is 0 Å². The standard InChI is InChI=1S/C10H15N3O/c1-14-10-5-4-9(12-13-10)8-3-2-6-11-7-8/h4-5,8,11H,2-3,6-7H2,1H3. The van der Waals surface area contributed by atoms with Gasteiger partial charge in [-0.1, -0.05) is 0 Å². The van der Waals surface area contributed by atoms with Crippen LogP contribution < -0.4 is 10.1 Å². The van der Waals surface area contributed by atoms with E-state index in [0.29, 0.717) is 11.8 Å². The van der Waals surface area contributed by atoms with Crippen molar-refractivity contribution in [2.45, 2.75) is 18.8 Å². The lowest BCUT2D eigenvalue weighted by Gasteiger charge is -2.21. The Morgan fingerprint density at radius 2 is 2.36 bits per heavy atom. The zero-order valence-electron chi connectivity index (χ0n) is 8.36. The van der Waals surface area contributed by atoms with Crippen LogP contribution in [0.4, 0.5) is 0 Å². The minimum atomic E-state index is 0.516. The first-order chi connectivity index (χ1) is 6.90. The lowest BCUT2D eigenvalue weighted by Crippen LogP contribution is -2.28. The summed E-state index contributed by atoms with van der Waals surface area (Å²) >= 11 is 0. The average molecular weight is 193 g/mol. The highest BCUT2D eigenvalue weighted by Gasteiger charge is 2.16.